The highest BCUT2D eigenvalue weighted by molar-refractivity contribution is 9.10. The van der Waals surface area contributed by atoms with Crippen LogP contribution in [0.5, 0.6) is 11.5 Å². The third kappa shape index (κ3) is 4.89. The molecule has 0 heterocycles. The lowest BCUT2D eigenvalue weighted by Gasteiger charge is -2.18. The maximum atomic E-state index is 12.1. The summed E-state index contributed by atoms with van der Waals surface area (Å²) in [6.45, 7) is 3.79. The average molecular weight is 413 g/mol. The minimum Gasteiger partial charge on any atom is -0.496 e. The predicted octanol–water partition coefficient (Wildman–Crippen LogP) is 4.68. The number of ether oxygens (including phenoxy) is 2. The van der Waals surface area contributed by atoms with Gasteiger partial charge in [-0.15, -0.1) is 0 Å². The summed E-state index contributed by atoms with van der Waals surface area (Å²) in [5.74, 6) is 0.978. The average Bonchev–Trinajstić information content (AvgIpc) is 2.54. The fraction of sp³-hybridized carbons (Fsp3) is 0.278. The van der Waals surface area contributed by atoms with Crippen molar-refractivity contribution >= 4 is 33.4 Å². The summed E-state index contributed by atoms with van der Waals surface area (Å²) < 4.78 is 11.7. The summed E-state index contributed by atoms with van der Waals surface area (Å²) in [6.07, 6.45) is 0. The Balaban J connectivity index is 1.98. The number of aryl methyl sites for hydroxylation is 1. The van der Waals surface area contributed by atoms with Gasteiger partial charge in [-0.2, -0.15) is 0 Å². The SMILES string of the molecule is COc1ccc(C)cc1[C@H](C)NC(=O)COc1ccc(Br)cc1Cl. The number of carbonyl (C=O) groups excluding carboxylic acids is 1. The molecule has 2 rings (SSSR count). The van der Waals surface area contributed by atoms with E-state index in [1.807, 2.05) is 32.0 Å². The van der Waals surface area contributed by atoms with Crippen LogP contribution in [0.3, 0.4) is 0 Å². The van der Waals surface area contributed by atoms with Gasteiger partial charge < -0.3 is 14.8 Å². The second kappa shape index (κ2) is 8.40. The number of benzene rings is 2. The van der Waals surface area contributed by atoms with Crippen LogP contribution in [0.4, 0.5) is 0 Å². The number of carbonyl (C=O) groups is 1. The monoisotopic (exact) mass is 411 g/mol. The van der Waals surface area contributed by atoms with E-state index >= 15 is 0 Å². The van der Waals surface area contributed by atoms with E-state index in [0.29, 0.717) is 10.8 Å². The Morgan fingerprint density at radius 2 is 1.96 bits per heavy atom. The van der Waals surface area contributed by atoms with Crippen molar-refractivity contribution in [2.45, 2.75) is 19.9 Å². The van der Waals surface area contributed by atoms with Crippen LogP contribution in [-0.2, 0) is 4.79 Å². The molecule has 4 nitrogen and oxygen atoms in total. The van der Waals surface area contributed by atoms with Crippen molar-refractivity contribution in [1.82, 2.24) is 5.32 Å². The van der Waals surface area contributed by atoms with Crippen molar-refractivity contribution in [2.24, 2.45) is 0 Å². The molecule has 6 heteroatoms. The lowest BCUT2D eigenvalue weighted by Crippen LogP contribution is -2.31. The second-order valence-electron chi connectivity index (χ2n) is 5.40. The molecule has 0 aliphatic carbocycles. The number of hydrogen-bond acceptors (Lipinski definition) is 3. The molecule has 2 aromatic carbocycles. The van der Waals surface area contributed by atoms with Crippen LogP contribution in [0.1, 0.15) is 24.1 Å². The fourth-order valence-corrected chi connectivity index (χ4v) is 3.02. The zero-order chi connectivity index (χ0) is 17.7. The molecule has 1 atom stereocenters. The molecule has 0 fully saturated rings. The van der Waals surface area contributed by atoms with Crippen LogP contribution in [0.15, 0.2) is 40.9 Å². The van der Waals surface area contributed by atoms with E-state index in [9.17, 15) is 4.79 Å². The highest BCUT2D eigenvalue weighted by Gasteiger charge is 2.15. The molecule has 0 saturated heterocycles. The van der Waals surface area contributed by atoms with Crippen molar-refractivity contribution in [3.05, 3.63) is 57.0 Å². The minimum absolute atomic E-state index is 0.111. The van der Waals surface area contributed by atoms with Gasteiger partial charge in [0.2, 0.25) is 0 Å². The molecular formula is C18H19BrClNO3. The topological polar surface area (TPSA) is 47.6 Å². The molecule has 0 spiro atoms. The quantitative estimate of drug-likeness (QED) is 0.749. The van der Waals surface area contributed by atoms with Crippen molar-refractivity contribution in [1.29, 1.82) is 0 Å². The summed E-state index contributed by atoms with van der Waals surface area (Å²) >= 11 is 9.39. The zero-order valence-electron chi connectivity index (χ0n) is 13.7. The summed E-state index contributed by atoms with van der Waals surface area (Å²) in [5.41, 5.74) is 2.03. The Labute approximate surface area is 155 Å². The van der Waals surface area contributed by atoms with Gasteiger partial charge in [0, 0.05) is 10.0 Å². The van der Waals surface area contributed by atoms with Crippen LogP contribution in [-0.4, -0.2) is 19.6 Å². The summed E-state index contributed by atoms with van der Waals surface area (Å²) in [6, 6.07) is 10.9. The molecule has 0 saturated carbocycles. The van der Waals surface area contributed by atoms with E-state index in [2.05, 4.69) is 21.2 Å². The molecule has 0 aliphatic heterocycles. The lowest BCUT2D eigenvalue weighted by atomic mass is 10.0. The number of amides is 1. The van der Waals surface area contributed by atoms with Crippen LogP contribution in [0, 0.1) is 6.92 Å². The molecule has 128 valence electrons. The zero-order valence-corrected chi connectivity index (χ0v) is 16.1. The van der Waals surface area contributed by atoms with E-state index in [-0.39, 0.29) is 18.6 Å². The third-order valence-corrected chi connectivity index (χ3v) is 4.27. The summed E-state index contributed by atoms with van der Waals surface area (Å²) in [7, 11) is 1.61. The number of rotatable bonds is 6. The van der Waals surface area contributed by atoms with Gasteiger partial charge in [-0.25, -0.2) is 0 Å². The van der Waals surface area contributed by atoms with Crippen LogP contribution in [0.2, 0.25) is 5.02 Å². The van der Waals surface area contributed by atoms with Gasteiger partial charge in [0.05, 0.1) is 18.2 Å². The summed E-state index contributed by atoms with van der Waals surface area (Å²) in [4.78, 5) is 12.1. The molecule has 0 unspecified atom stereocenters. The minimum atomic E-state index is -0.231. The maximum absolute atomic E-state index is 12.1. The molecule has 0 aromatic heterocycles. The Morgan fingerprint density at radius 1 is 1.25 bits per heavy atom. The van der Waals surface area contributed by atoms with Crippen LogP contribution < -0.4 is 14.8 Å². The first-order chi connectivity index (χ1) is 11.4. The van der Waals surface area contributed by atoms with Crippen molar-refractivity contribution in [2.75, 3.05) is 13.7 Å². The number of halogens is 2. The van der Waals surface area contributed by atoms with E-state index in [1.165, 1.54) is 0 Å². The Morgan fingerprint density at radius 3 is 2.62 bits per heavy atom. The molecule has 0 bridgehead atoms. The van der Waals surface area contributed by atoms with E-state index < -0.39 is 0 Å². The lowest BCUT2D eigenvalue weighted by molar-refractivity contribution is -0.123. The molecule has 2 aromatic rings. The normalized spacial score (nSPS) is 11.7. The van der Waals surface area contributed by atoms with E-state index in [4.69, 9.17) is 21.1 Å². The Kier molecular flexibility index (Phi) is 6.52. The fourth-order valence-electron chi connectivity index (χ4n) is 2.29. The second-order valence-corrected chi connectivity index (χ2v) is 6.72. The van der Waals surface area contributed by atoms with Gasteiger partial charge in [0.15, 0.2) is 6.61 Å². The van der Waals surface area contributed by atoms with Gasteiger partial charge in [0.1, 0.15) is 11.5 Å². The van der Waals surface area contributed by atoms with Crippen molar-refractivity contribution < 1.29 is 14.3 Å². The van der Waals surface area contributed by atoms with Gasteiger partial charge in [-0.1, -0.05) is 45.2 Å². The van der Waals surface area contributed by atoms with Crippen LogP contribution >= 0.6 is 27.5 Å². The third-order valence-electron chi connectivity index (χ3n) is 3.48. The standard InChI is InChI=1S/C18H19BrClNO3/c1-11-4-6-16(23-3)14(8-11)12(2)21-18(22)10-24-17-7-5-13(19)9-15(17)20/h4-9,12H,10H2,1-3H3,(H,21,22)/t12-/m0/s1. The molecular weight excluding hydrogens is 394 g/mol. The highest BCUT2D eigenvalue weighted by Crippen LogP contribution is 2.28. The van der Waals surface area contributed by atoms with Gasteiger partial charge in [-0.05, 0) is 38.1 Å². The molecule has 1 amide bonds. The molecule has 0 radical (unpaired) electrons. The summed E-state index contributed by atoms with van der Waals surface area (Å²) in [5, 5.41) is 3.35. The molecule has 1 N–H and O–H groups in total. The molecule has 0 aliphatic rings. The van der Waals surface area contributed by atoms with Crippen molar-refractivity contribution in [3.8, 4) is 11.5 Å². The first kappa shape index (κ1) is 18.6. The predicted molar refractivity (Wildman–Crippen MR) is 98.9 cm³/mol. The largest absolute Gasteiger partial charge is 0.496 e. The first-order valence-electron chi connectivity index (χ1n) is 7.42. The highest BCUT2D eigenvalue weighted by atomic mass is 79.9. The Bertz CT molecular complexity index is 736. The maximum Gasteiger partial charge on any atom is 0.258 e. The van der Waals surface area contributed by atoms with E-state index in [1.54, 1.807) is 25.3 Å². The number of nitrogens with one attached hydrogen (secondary N) is 1. The van der Waals surface area contributed by atoms with Crippen LogP contribution in [0.25, 0.3) is 0 Å². The van der Waals surface area contributed by atoms with Gasteiger partial charge in [-0.3, -0.25) is 4.79 Å². The Hall–Kier alpha value is -1.72. The van der Waals surface area contributed by atoms with Gasteiger partial charge in [0.25, 0.3) is 5.91 Å². The molecule has 24 heavy (non-hydrogen) atoms. The smallest absolute Gasteiger partial charge is 0.258 e. The number of hydrogen-bond donors (Lipinski definition) is 1. The van der Waals surface area contributed by atoms with Gasteiger partial charge >= 0.3 is 0 Å². The first-order valence-corrected chi connectivity index (χ1v) is 8.59. The van der Waals surface area contributed by atoms with Crippen molar-refractivity contribution in [3.63, 3.8) is 0 Å². The number of methoxy groups -OCH3 is 1. The van der Waals surface area contributed by atoms with E-state index in [0.717, 1.165) is 21.3 Å².